The summed E-state index contributed by atoms with van der Waals surface area (Å²) in [5.74, 6) is -0.120. The van der Waals surface area contributed by atoms with Crippen LogP contribution in [0.25, 0.3) is 0 Å². The Hall–Kier alpha value is -0.610. The molecule has 0 aromatic rings. The Morgan fingerprint density at radius 1 is 1.38 bits per heavy atom. The number of carbonyl (C=O) groups excluding carboxylic acids is 1. The van der Waals surface area contributed by atoms with Crippen molar-refractivity contribution in [1.29, 1.82) is 0 Å². The number of rotatable bonds is 8. The predicted molar refractivity (Wildman–Crippen MR) is 85.3 cm³/mol. The molecule has 0 amide bonds. The molecule has 1 saturated carbocycles. The van der Waals surface area contributed by atoms with Crippen molar-refractivity contribution in [3.63, 3.8) is 0 Å². The first kappa shape index (κ1) is 16.8. The molecule has 21 heavy (non-hydrogen) atoms. The van der Waals surface area contributed by atoms with Gasteiger partial charge in [0.05, 0.1) is 7.11 Å². The number of hydrogen-bond acceptors (Lipinski definition) is 4. The van der Waals surface area contributed by atoms with E-state index in [1.165, 1.54) is 52.3 Å². The molecule has 2 aliphatic rings. The van der Waals surface area contributed by atoms with Crippen molar-refractivity contribution in [2.75, 3.05) is 26.7 Å². The molecule has 1 aliphatic carbocycles. The number of nitrogens with zero attached hydrogens (tertiary/aromatic N) is 1. The van der Waals surface area contributed by atoms with E-state index in [1.54, 1.807) is 0 Å². The van der Waals surface area contributed by atoms with Gasteiger partial charge in [-0.15, -0.1) is 0 Å². The minimum atomic E-state index is -0.528. The molecular formula is C17H32N2O2. The molecule has 0 bridgehead atoms. The average Bonchev–Trinajstić information content (AvgIpc) is 3.20. The molecule has 122 valence electrons. The molecule has 1 atom stereocenters. The van der Waals surface area contributed by atoms with Gasteiger partial charge in [-0.2, -0.15) is 0 Å². The third kappa shape index (κ3) is 3.98. The second-order valence-corrected chi connectivity index (χ2v) is 7.23. The van der Waals surface area contributed by atoms with Gasteiger partial charge in [0.1, 0.15) is 5.54 Å². The highest BCUT2D eigenvalue weighted by Crippen LogP contribution is 2.37. The highest BCUT2D eigenvalue weighted by molar-refractivity contribution is 5.80. The van der Waals surface area contributed by atoms with Gasteiger partial charge in [0.15, 0.2) is 0 Å². The molecule has 0 aromatic heterocycles. The standard InChI is InChI=1S/C17H32N2O2/c1-5-17(6-2)10-12-19(13-17)11-9-16(3,15(20)21-4)18-14-7-8-14/h14,18H,5-13H2,1-4H3. The van der Waals surface area contributed by atoms with Crippen LogP contribution < -0.4 is 5.32 Å². The lowest BCUT2D eigenvalue weighted by Gasteiger charge is -2.31. The van der Waals surface area contributed by atoms with E-state index in [0.29, 0.717) is 11.5 Å². The highest BCUT2D eigenvalue weighted by atomic mass is 16.5. The van der Waals surface area contributed by atoms with Crippen molar-refractivity contribution in [1.82, 2.24) is 10.2 Å². The first-order valence-electron chi connectivity index (χ1n) is 8.55. The monoisotopic (exact) mass is 296 g/mol. The summed E-state index contributed by atoms with van der Waals surface area (Å²) in [7, 11) is 1.49. The van der Waals surface area contributed by atoms with Crippen LogP contribution >= 0.6 is 0 Å². The number of likely N-dealkylation sites (tertiary alicyclic amines) is 1. The summed E-state index contributed by atoms with van der Waals surface area (Å²) in [5, 5.41) is 3.49. The fourth-order valence-electron chi connectivity index (χ4n) is 3.56. The van der Waals surface area contributed by atoms with E-state index in [0.717, 1.165) is 13.0 Å². The lowest BCUT2D eigenvalue weighted by molar-refractivity contribution is -0.148. The van der Waals surface area contributed by atoms with E-state index < -0.39 is 5.54 Å². The zero-order valence-electron chi connectivity index (χ0n) is 14.2. The predicted octanol–water partition coefficient (Wildman–Crippen LogP) is 2.57. The van der Waals surface area contributed by atoms with Crippen LogP contribution in [0.15, 0.2) is 0 Å². The van der Waals surface area contributed by atoms with Gasteiger partial charge >= 0.3 is 5.97 Å². The molecule has 1 heterocycles. The van der Waals surface area contributed by atoms with E-state index >= 15 is 0 Å². The van der Waals surface area contributed by atoms with Crippen LogP contribution in [0, 0.1) is 5.41 Å². The zero-order chi connectivity index (χ0) is 15.5. The topological polar surface area (TPSA) is 41.6 Å². The minimum absolute atomic E-state index is 0.120. The lowest BCUT2D eigenvalue weighted by Crippen LogP contribution is -2.52. The smallest absolute Gasteiger partial charge is 0.325 e. The second kappa shape index (κ2) is 6.66. The second-order valence-electron chi connectivity index (χ2n) is 7.23. The normalized spacial score (nSPS) is 24.8. The lowest BCUT2D eigenvalue weighted by atomic mass is 9.82. The Morgan fingerprint density at radius 2 is 2.05 bits per heavy atom. The first-order valence-corrected chi connectivity index (χ1v) is 8.55. The molecule has 4 nitrogen and oxygen atoms in total. The van der Waals surface area contributed by atoms with Gasteiger partial charge in [0.25, 0.3) is 0 Å². The number of nitrogens with one attached hydrogen (secondary N) is 1. The van der Waals surface area contributed by atoms with Crippen LogP contribution in [-0.4, -0.2) is 49.2 Å². The van der Waals surface area contributed by atoms with Crippen molar-refractivity contribution in [3.05, 3.63) is 0 Å². The maximum Gasteiger partial charge on any atom is 0.325 e. The molecule has 0 spiro atoms. The van der Waals surface area contributed by atoms with Gasteiger partial charge < -0.3 is 9.64 Å². The summed E-state index contributed by atoms with van der Waals surface area (Å²) in [6, 6.07) is 0.512. The highest BCUT2D eigenvalue weighted by Gasteiger charge is 2.41. The molecule has 0 radical (unpaired) electrons. The quantitative estimate of drug-likeness (QED) is 0.699. The first-order chi connectivity index (χ1) is 9.97. The fraction of sp³-hybridized carbons (Fsp3) is 0.941. The molecule has 0 aromatic carbocycles. The molecule has 2 fully saturated rings. The van der Waals surface area contributed by atoms with E-state index in [-0.39, 0.29) is 5.97 Å². The zero-order valence-corrected chi connectivity index (χ0v) is 14.2. The summed E-state index contributed by atoms with van der Waals surface area (Å²) >= 11 is 0. The Morgan fingerprint density at radius 3 is 2.52 bits per heavy atom. The van der Waals surface area contributed by atoms with Crippen LogP contribution in [-0.2, 0) is 9.53 Å². The van der Waals surface area contributed by atoms with Gasteiger partial charge in [-0.3, -0.25) is 10.1 Å². The van der Waals surface area contributed by atoms with Crippen molar-refractivity contribution < 1.29 is 9.53 Å². The summed E-state index contributed by atoms with van der Waals surface area (Å²) in [6.07, 6.45) is 7.02. The number of hydrogen-bond donors (Lipinski definition) is 1. The fourth-order valence-corrected chi connectivity index (χ4v) is 3.56. The Bertz CT molecular complexity index is 364. The number of ether oxygens (including phenoxy) is 1. The summed E-state index contributed by atoms with van der Waals surface area (Å²) in [4.78, 5) is 14.7. The molecule has 1 unspecified atom stereocenters. The van der Waals surface area contributed by atoms with Gasteiger partial charge in [-0.05, 0) is 57.4 Å². The average molecular weight is 296 g/mol. The number of esters is 1. The van der Waals surface area contributed by atoms with Gasteiger partial charge in [-0.25, -0.2) is 0 Å². The van der Waals surface area contributed by atoms with E-state index in [2.05, 4.69) is 24.1 Å². The molecule has 4 heteroatoms. The SMILES string of the molecule is CCC1(CC)CCN(CCC(C)(NC2CC2)C(=O)OC)C1. The van der Waals surface area contributed by atoms with Gasteiger partial charge in [0.2, 0.25) is 0 Å². The largest absolute Gasteiger partial charge is 0.468 e. The molecule has 1 saturated heterocycles. The third-order valence-corrected chi connectivity index (χ3v) is 5.68. The van der Waals surface area contributed by atoms with Crippen LogP contribution in [0.3, 0.4) is 0 Å². The molecule has 1 N–H and O–H groups in total. The number of methoxy groups -OCH3 is 1. The Balaban J connectivity index is 1.88. The number of carbonyl (C=O) groups is 1. The third-order valence-electron chi connectivity index (χ3n) is 5.68. The van der Waals surface area contributed by atoms with Crippen LogP contribution in [0.2, 0.25) is 0 Å². The van der Waals surface area contributed by atoms with Crippen molar-refractivity contribution >= 4 is 5.97 Å². The molecular weight excluding hydrogens is 264 g/mol. The minimum Gasteiger partial charge on any atom is -0.468 e. The van der Waals surface area contributed by atoms with Crippen LogP contribution in [0.1, 0.15) is 59.3 Å². The van der Waals surface area contributed by atoms with E-state index in [1.807, 2.05) is 6.92 Å². The van der Waals surface area contributed by atoms with E-state index in [9.17, 15) is 4.79 Å². The van der Waals surface area contributed by atoms with Crippen LogP contribution in [0.5, 0.6) is 0 Å². The summed E-state index contributed by atoms with van der Waals surface area (Å²) in [6.45, 7) is 9.94. The maximum absolute atomic E-state index is 12.1. The molecule has 2 rings (SSSR count). The molecule has 1 aliphatic heterocycles. The Labute approximate surface area is 129 Å². The maximum atomic E-state index is 12.1. The van der Waals surface area contributed by atoms with Gasteiger partial charge in [0, 0.05) is 19.1 Å². The Kier molecular flexibility index (Phi) is 5.31. The van der Waals surface area contributed by atoms with E-state index in [4.69, 9.17) is 4.74 Å². The van der Waals surface area contributed by atoms with Crippen molar-refractivity contribution in [2.24, 2.45) is 5.41 Å². The summed E-state index contributed by atoms with van der Waals surface area (Å²) in [5.41, 5.74) is -0.0226. The van der Waals surface area contributed by atoms with Crippen molar-refractivity contribution in [3.8, 4) is 0 Å². The van der Waals surface area contributed by atoms with Crippen molar-refractivity contribution in [2.45, 2.75) is 70.9 Å². The summed E-state index contributed by atoms with van der Waals surface area (Å²) < 4.78 is 5.02. The van der Waals surface area contributed by atoms with Crippen LogP contribution in [0.4, 0.5) is 0 Å². The van der Waals surface area contributed by atoms with Gasteiger partial charge in [-0.1, -0.05) is 13.8 Å².